The zero-order valence-corrected chi connectivity index (χ0v) is 14.6. The quantitative estimate of drug-likeness (QED) is 0.352. The highest BCUT2D eigenvalue weighted by Gasteiger charge is 2.23. The third-order valence-electron chi connectivity index (χ3n) is 3.47. The number of amides is 1. The molecule has 1 amide bonds. The lowest BCUT2D eigenvalue weighted by atomic mass is 10.1. The largest absolute Gasteiger partial charge is 0.454 e. The van der Waals surface area contributed by atoms with Crippen LogP contribution in [0.1, 0.15) is 5.56 Å². The number of halogens is 1. The van der Waals surface area contributed by atoms with Crippen molar-refractivity contribution in [1.29, 1.82) is 5.26 Å². The molecule has 2 aromatic carbocycles. The Morgan fingerprint density at radius 3 is 2.69 bits per heavy atom. The maximum absolute atomic E-state index is 12.3. The summed E-state index contributed by atoms with van der Waals surface area (Å²) in [6, 6.07) is 11.2. The molecule has 2 aromatic rings. The Morgan fingerprint density at radius 1 is 1.31 bits per heavy atom. The number of ether oxygens (including phenoxy) is 2. The van der Waals surface area contributed by atoms with E-state index >= 15 is 0 Å². The van der Waals surface area contributed by atoms with Gasteiger partial charge in [0.25, 0.3) is 11.6 Å². The summed E-state index contributed by atoms with van der Waals surface area (Å²) in [5.41, 5.74) is -0.0323. The first-order valence-electron chi connectivity index (χ1n) is 7.24. The molecule has 0 radical (unpaired) electrons. The summed E-state index contributed by atoms with van der Waals surface area (Å²) in [4.78, 5) is 23.0. The third-order valence-corrected chi connectivity index (χ3v) is 3.96. The fraction of sp³-hybridized carbons (Fsp3) is 0.0588. The van der Waals surface area contributed by atoms with E-state index < -0.39 is 10.8 Å². The monoisotopic (exact) mass is 415 g/mol. The lowest BCUT2D eigenvalue weighted by Gasteiger charge is -2.05. The van der Waals surface area contributed by atoms with Crippen LogP contribution in [0.4, 0.5) is 11.4 Å². The Morgan fingerprint density at radius 2 is 2.04 bits per heavy atom. The van der Waals surface area contributed by atoms with Crippen LogP contribution < -0.4 is 14.8 Å². The molecule has 0 fully saturated rings. The molecular formula is C17H10BrN3O5. The summed E-state index contributed by atoms with van der Waals surface area (Å²) in [6.07, 6.45) is 1.15. The highest BCUT2D eigenvalue weighted by molar-refractivity contribution is 9.10. The number of carbonyl (C=O) groups excluding carboxylic acids is 1. The van der Waals surface area contributed by atoms with E-state index in [-0.39, 0.29) is 29.4 Å². The SMILES string of the molecule is N#CC(=Cc1cc2c(cc1[N+](=O)[O-])OCO2)C(=O)Nc1cccc(Br)c1. The summed E-state index contributed by atoms with van der Waals surface area (Å²) in [5, 5.41) is 23.1. The predicted octanol–water partition coefficient (Wildman–Crippen LogP) is 3.63. The Kier molecular flexibility index (Phi) is 4.86. The van der Waals surface area contributed by atoms with Crippen molar-refractivity contribution in [2.75, 3.05) is 12.1 Å². The van der Waals surface area contributed by atoms with Gasteiger partial charge in [0, 0.05) is 10.2 Å². The average Bonchev–Trinajstić information content (AvgIpc) is 3.06. The molecule has 0 saturated heterocycles. The van der Waals surface area contributed by atoms with Crippen molar-refractivity contribution in [3.63, 3.8) is 0 Å². The van der Waals surface area contributed by atoms with Gasteiger partial charge in [-0.05, 0) is 30.3 Å². The molecule has 1 aliphatic rings. The summed E-state index contributed by atoms with van der Waals surface area (Å²) in [6.45, 7) is -0.0475. The molecule has 26 heavy (non-hydrogen) atoms. The second-order valence-electron chi connectivity index (χ2n) is 5.16. The fourth-order valence-electron chi connectivity index (χ4n) is 2.29. The van der Waals surface area contributed by atoms with Crippen LogP contribution in [-0.2, 0) is 4.79 Å². The van der Waals surface area contributed by atoms with Gasteiger partial charge in [0.15, 0.2) is 11.5 Å². The first kappa shape index (κ1) is 17.4. The van der Waals surface area contributed by atoms with Crippen LogP contribution in [0.5, 0.6) is 11.5 Å². The zero-order valence-electron chi connectivity index (χ0n) is 13.1. The topological polar surface area (TPSA) is 114 Å². The van der Waals surface area contributed by atoms with Crippen LogP contribution in [0.3, 0.4) is 0 Å². The number of carbonyl (C=O) groups is 1. The third kappa shape index (κ3) is 3.65. The van der Waals surface area contributed by atoms with Gasteiger partial charge >= 0.3 is 0 Å². The van der Waals surface area contributed by atoms with Crippen LogP contribution >= 0.6 is 15.9 Å². The molecule has 9 heteroatoms. The normalized spacial score (nSPS) is 12.4. The van der Waals surface area contributed by atoms with Crippen molar-refractivity contribution in [2.24, 2.45) is 0 Å². The van der Waals surface area contributed by atoms with Gasteiger partial charge in [-0.3, -0.25) is 14.9 Å². The molecule has 1 aliphatic heterocycles. The van der Waals surface area contributed by atoms with E-state index in [1.165, 1.54) is 12.1 Å². The summed E-state index contributed by atoms with van der Waals surface area (Å²) in [5.74, 6) is -0.130. The molecule has 0 spiro atoms. The van der Waals surface area contributed by atoms with Crippen LogP contribution in [0.2, 0.25) is 0 Å². The van der Waals surface area contributed by atoms with Gasteiger partial charge in [-0.15, -0.1) is 0 Å². The van der Waals surface area contributed by atoms with Gasteiger partial charge in [0.1, 0.15) is 11.6 Å². The zero-order chi connectivity index (χ0) is 18.7. The first-order chi connectivity index (χ1) is 12.5. The molecule has 0 aliphatic carbocycles. The number of fused-ring (bicyclic) bond motifs is 1. The molecule has 130 valence electrons. The van der Waals surface area contributed by atoms with Gasteiger partial charge in [-0.25, -0.2) is 0 Å². The first-order valence-corrected chi connectivity index (χ1v) is 8.04. The summed E-state index contributed by atoms with van der Waals surface area (Å²) < 4.78 is 11.1. The number of hydrogen-bond acceptors (Lipinski definition) is 6. The molecule has 8 nitrogen and oxygen atoms in total. The van der Waals surface area contributed by atoms with Crippen LogP contribution in [-0.4, -0.2) is 17.6 Å². The number of benzene rings is 2. The van der Waals surface area contributed by atoms with Gasteiger partial charge < -0.3 is 14.8 Å². The maximum atomic E-state index is 12.3. The smallest absolute Gasteiger partial charge is 0.280 e. The van der Waals surface area contributed by atoms with Crippen LogP contribution in [0.25, 0.3) is 6.08 Å². The Bertz CT molecular complexity index is 981. The standard InChI is InChI=1S/C17H10BrN3O5/c18-12-2-1-3-13(6-12)20-17(22)11(8-19)4-10-5-15-16(26-9-25-15)7-14(10)21(23)24/h1-7H,9H2,(H,20,22). The van der Waals surface area contributed by atoms with Gasteiger partial charge in [0.05, 0.1) is 16.6 Å². The van der Waals surface area contributed by atoms with Crippen LogP contribution in [0, 0.1) is 21.4 Å². The number of rotatable bonds is 4. The number of nitriles is 1. The highest BCUT2D eigenvalue weighted by atomic mass is 79.9. The van der Waals surface area contributed by atoms with Crippen molar-refractivity contribution in [3.8, 4) is 17.6 Å². The highest BCUT2D eigenvalue weighted by Crippen LogP contribution is 2.38. The van der Waals surface area contributed by atoms with Crippen LogP contribution in [0.15, 0.2) is 46.4 Å². The second-order valence-corrected chi connectivity index (χ2v) is 6.07. The number of nitro groups is 1. The van der Waals surface area contributed by atoms with Gasteiger partial charge in [-0.2, -0.15) is 5.26 Å². The van der Waals surface area contributed by atoms with Crippen molar-refractivity contribution in [2.45, 2.75) is 0 Å². The Hall–Kier alpha value is -3.38. The minimum Gasteiger partial charge on any atom is -0.454 e. The van der Waals surface area contributed by atoms with E-state index in [0.29, 0.717) is 11.4 Å². The molecule has 1 N–H and O–H groups in total. The lowest BCUT2D eigenvalue weighted by Crippen LogP contribution is -2.13. The molecule has 3 rings (SSSR count). The molecule has 1 heterocycles. The predicted molar refractivity (Wildman–Crippen MR) is 95.6 cm³/mol. The number of nitrogens with one attached hydrogen (secondary N) is 1. The van der Waals surface area contributed by atoms with E-state index in [2.05, 4.69) is 21.2 Å². The molecule has 0 unspecified atom stereocenters. The summed E-state index contributed by atoms with van der Waals surface area (Å²) >= 11 is 3.28. The van der Waals surface area contributed by atoms with E-state index in [9.17, 15) is 20.2 Å². The number of nitrogens with zero attached hydrogens (tertiary/aromatic N) is 2. The molecule has 0 saturated carbocycles. The molecule has 0 aromatic heterocycles. The minimum atomic E-state index is -0.683. The molecule has 0 bridgehead atoms. The fourth-order valence-corrected chi connectivity index (χ4v) is 2.69. The average molecular weight is 416 g/mol. The van der Waals surface area contributed by atoms with Crippen molar-refractivity contribution >= 4 is 39.3 Å². The number of anilines is 1. The van der Waals surface area contributed by atoms with Crippen molar-refractivity contribution < 1.29 is 19.2 Å². The Balaban J connectivity index is 1.95. The van der Waals surface area contributed by atoms with Gasteiger partial charge in [0.2, 0.25) is 6.79 Å². The minimum absolute atomic E-state index is 0.0475. The van der Waals surface area contributed by atoms with E-state index in [0.717, 1.165) is 10.5 Å². The van der Waals surface area contributed by atoms with Crippen molar-refractivity contribution in [1.82, 2.24) is 0 Å². The number of nitro benzene ring substituents is 1. The number of hydrogen-bond donors (Lipinski definition) is 1. The molecule has 0 atom stereocenters. The lowest BCUT2D eigenvalue weighted by molar-refractivity contribution is -0.385. The van der Waals surface area contributed by atoms with E-state index in [1.807, 2.05) is 0 Å². The van der Waals surface area contributed by atoms with E-state index in [4.69, 9.17) is 9.47 Å². The van der Waals surface area contributed by atoms with Gasteiger partial charge in [-0.1, -0.05) is 22.0 Å². The Labute approximate surface area is 155 Å². The van der Waals surface area contributed by atoms with E-state index in [1.54, 1.807) is 30.3 Å². The molecular weight excluding hydrogens is 406 g/mol. The maximum Gasteiger partial charge on any atom is 0.280 e. The summed E-state index contributed by atoms with van der Waals surface area (Å²) in [7, 11) is 0. The van der Waals surface area contributed by atoms with Crippen molar-refractivity contribution in [3.05, 3.63) is 62.1 Å². The second kappa shape index (κ2) is 7.25.